The minimum Gasteiger partial charge on any atom is -0.327 e. The third-order valence-corrected chi connectivity index (χ3v) is 1.06. The number of nitrogens with two attached hydrogens (primary N) is 1. The van der Waals surface area contributed by atoms with Crippen molar-refractivity contribution >= 4 is 0 Å². The van der Waals surface area contributed by atoms with Crippen molar-refractivity contribution in [2.24, 2.45) is 5.73 Å². The zero-order valence-electron chi connectivity index (χ0n) is 6.47. The van der Waals surface area contributed by atoms with E-state index in [1.54, 1.807) is 0 Å². The third-order valence-electron chi connectivity index (χ3n) is 1.06. The molecule has 0 heterocycles. The smallest absolute Gasteiger partial charge is 0.116 e. The molecule has 1 nitrogen and oxygen atoms in total. The Hall–Kier alpha value is -0.630. The van der Waals surface area contributed by atoms with Crippen LogP contribution in [0.5, 0.6) is 0 Å². The second-order valence-corrected chi connectivity index (χ2v) is 2.12. The van der Waals surface area contributed by atoms with Crippen molar-refractivity contribution in [3.63, 3.8) is 0 Å². The Labute approximate surface area is 61.4 Å². The van der Waals surface area contributed by atoms with Gasteiger partial charge in [0.1, 0.15) is 6.17 Å². The summed E-state index contributed by atoms with van der Waals surface area (Å²) >= 11 is 0. The van der Waals surface area contributed by atoms with Gasteiger partial charge in [0.05, 0.1) is 0 Å². The van der Waals surface area contributed by atoms with Crippen LogP contribution in [0.4, 0.5) is 4.39 Å². The highest BCUT2D eigenvalue weighted by Gasteiger charge is 1.92. The SMILES string of the molecule is C/C=C\C(=C/C(C)F)CN. The van der Waals surface area contributed by atoms with Crippen molar-refractivity contribution in [1.82, 2.24) is 0 Å². The summed E-state index contributed by atoms with van der Waals surface area (Å²) in [4.78, 5) is 0. The first-order valence-electron chi connectivity index (χ1n) is 3.38. The van der Waals surface area contributed by atoms with E-state index in [9.17, 15) is 4.39 Å². The average Bonchev–Trinajstić information content (AvgIpc) is 1.86. The van der Waals surface area contributed by atoms with Crippen molar-refractivity contribution in [2.75, 3.05) is 6.54 Å². The fraction of sp³-hybridized carbons (Fsp3) is 0.500. The Morgan fingerprint density at radius 2 is 2.30 bits per heavy atom. The van der Waals surface area contributed by atoms with Crippen LogP contribution in [-0.2, 0) is 0 Å². The summed E-state index contributed by atoms with van der Waals surface area (Å²) in [6.45, 7) is 3.77. The van der Waals surface area contributed by atoms with E-state index in [1.165, 1.54) is 13.0 Å². The third kappa shape index (κ3) is 4.27. The molecular weight excluding hydrogens is 129 g/mol. The summed E-state index contributed by atoms with van der Waals surface area (Å²) in [5, 5.41) is 0. The molecule has 10 heavy (non-hydrogen) atoms. The number of alkyl halides is 1. The van der Waals surface area contributed by atoms with Gasteiger partial charge in [-0.25, -0.2) is 4.39 Å². The molecule has 0 aromatic carbocycles. The van der Waals surface area contributed by atoms with Crippen molar-refractivity contribution in [2.45, 2.75) is 20.0 Å². The highest BCUT2D eigenvalue weighted by molar-refractivity contribution is 5.20. The van der Waals surface area contributed by atoms with Crippen LogP contribution in [0.15, 0.2) is 23.8 Å². The molecule has 0 radical (unpaired) electrons. The quantitative estimate of drug-likeness (QED) is 0.599. The van der Waals surface area contributed by atoms with Gasteiger partial charge in [-0.3, -0.25) is 0 Å². The molecule has 0 amide bonds. The lowest BCUT2D eigenvalue weighted by atomic mass is 10.2. The summed E-state index contributed by atoms with van der Waals surface area (Å²) in [7, 11) is 0. The van der Waals surface area contributed by atoms with Gasteiger partial charge in [0.2, 0.25) is 0 Å². The number of hydrogen-bond donors (Lipinski definition) is 1. The number of halogens is 1. The summed E-state index contributed by atoms with van der Waals surface area (Å²) in [5.41, 5.74) is 6.17. The maximum atomic E-state index is 12.3. The van der Waals surface area contributed by atoms with Crippen molar-refractivity contribution in [1.29, 1.82) is 0 Å². The minimum absolute atomic E-state index is 0.401. The molecule has 1 unspecified atom stereocenters. The van der Waals surface area contributed by atoms with Gasteiger partial charge in [0.15, 0.2) is 0 Å². The summed E-state index contributed by atoms with van der Waals surface area (Å²) < 4.78 is 12.3. The number of allylic oxidation sites excluding steroid dienone is 2. The van der Waals surface area contributed by atoms with E-state index >= 15 is 0 Å². The number of rotatable bonds is 3. The van der Waals surface area contributed by atoms with E-state index in [0.717, 1.165) is 5.57 Å². The molecule has 2 heteroatoms. The molecule has 0 saturated heterocycles. The Morgan fingerprint density at radius 1 is 1.70 bits per heavy atom. The first-order valence-corrected chi connectivity index (χ1v) is 3.38. The van der Waals surface area contributed by atoms with Gasteiger partial charge in [-0.1, -0.05) is 12.2 Å². The molecule has 0 aliphatic rings. The van der Waals surface area contributed by atoms with Crippen LogP contribution in [0, 0.1) is 0 Å². The topological polar surface area (TPSA) is 26.0 Å². The van der Waals surface area contributed by atoms with E-state index < -0.39 is 6.17 Å². The number of hydrogen-bond acceptors (Lipinski definition) is 1. The van der Waals surface area contributed by atoms with E-state index in [1.807, 2.05) is 19.1 Å². The van der Waals surface area contributed by atoms with Crippen molar-refractivity contribution in [3.8, 4) is 0 Å². The lowest BCUT2D eigenvalue weighted by Crippen LogP contribution is -2.02. The molecule has 2 N–H and O–H groups in total. The molecule has 0 fully saturated rings. The lowest BCUT2D eigenvalue weighted by Gasteiger charge is -1.97. The Kier molecular flexibility index (Phi) is 4.85. The molecule has 58 valence electrons. The summed E-state index contributed by atoms with van der Waals surface area (Å²) in [6, 6.07) is 0. The normalized spacial score (nSPS) is 16.2. The molecule has 0 rings (SSSR count). The van der Waals surface area contributed by atoms with Gasteiger partial charge >= 0.3 is 0 Å². The second kappa shape index (κ2) is 5.18. The largest absolute Gasteiger partial charge is 0.327 e. The van der Waals surface area contributed by atoms with Crippen molar-refractivity contribution in [3.05, 3.63) is 23.8 Å². The standard InChI is InChI=1S/C8H14FN/c1-3-4-8(6-10)5-7(2)9/h3-5,7H,6,10H2,1-2H3/b4-3-,8-5+. The lowest BCUT2D eigenvalue weighted by molar-refractivity contribution is 0.429. The highest BCUT2D eigenvalue weighted by atomic mass is 19.1. The molecule has 0 aromatic rings. The summed E-state index contributed by atoms with van der Waals surface area (Å²) in [5.74, 6) is 0. The maximum absolute atomic E-state index is 12.3. The molecule has 0 bridgehead atoms. The molecular formula is C8H14FN. The van der Waals surface area contributed by atoms with Crippen LogP contribution >= 0.6 is 0 Å². The zero-order valence-corrected chi connectivity index (χ0v) is 6.47. The van der Waals surface area contributed by atoms with Crippen LogP contribution in [0.3, 0.4) is 0 Å². The minimum atomic E-state index is -0.908. The zero-order chi connectivity index (χ0) is 7.98. The molecule has 0 aliphatic heterocycles. The Morgan fingerprint density at radius 3 is 2.60 bits per heavy atom. The first-order chi connectivity index (χ1) is 4.70. The van der Waals surface area contributed by atoms with Crippen LogP contribution < -0.4 is 5.73 Å². The van der Waals surface area contributed by atoms with Crippen LogP contribution in [0.25, 0.3) is 0 Å². The molecule has 0 aliphatic carbocycles. The second-order valence-electron chi connectivity index (χ2n) is 2.12. The van der Waals surface area contributed by atoms with Gasteiger partial charge in [-0.05, 0) is 25.5 Å². The van der Waals surface area contributed by atoms with Gasteiger partial charge in [0.25, 0.3) is 0 Å². The highest BCUT2D eigenvalue weighted by Crippen LogP contribution is 1.99. The molecule has 0 aromatic heterocycles. The predicted octanol–water partition coefficient (Wildman–Crippen LogP) is 1.81. The van der Waals surface area contributed by atoms with Gasteiger partial charge in [-0.15, -0.1) is 0 Å². The predicted molar refractivity (Wildman–Crippen MR) is 42.5 cm³/mol. The monoisotopic (exact) mass is 143 g/mol. The van der Waals surface area contributed by atoms with Gasteiger partial charge in [-0.2, -0.15) is 0 Å². The maximum Gasteiger partial charge on any atom is 0.116 e. The van der Waals surface area contributed by atoms with E-state index in [4.69, 9.17) is 5.73 Å². The van der Waals surface area contributed by atoms with Crippen LogP contribution in [0.2, 0.25) is 0 Å². The first kappa shape index (κ1) is 9.37. The molecule has 0 saturated carbocycles. The van der Waals surface area contributed by atoms with E-state index in [2.05, 4.69) is 0 Å². The Balaban J connectivity index is 4.04. The van der Waals surface area contributed by atoms with E-state index in [0.29, 0.717) is 6.54 Å². The van der Waals surface area contributed by atoms with Crippen molar-refractivity contribution < 1.29 is 4.39 Å². The van der Waals surface area contributed by atoms with Gasteiger partial charge < -0.3 is 5.73 Å². The van der Waals surface area contributed by atoms with E-state index in [-0.39, 0.29) is 0 Å². The molecule has 0 spiro atoms. The molecule has 1 atom stereocenters. The van der Waals surface area contributed by atoms with Crippen LogP contribution in [-0.4, -0.2) is 12.7 Å². The average molecular weight is 143 g/mol. The fourth-order valence-corrected chi connectivity index (χ4v) is 0.701. The Bertz CT molecular complexity index is 136. The van der Waals surface area contributed by atoms with Gasteiger partial charge in [0, 0.05) is 6.54 Å². The summed E-state index contributed by atoms with van der Waals surface area (Å²) in [6.07, 6.45) is 4.27. The fourth-order valence-electron chi connectivity index (χ4n) is 0.701. The van der Waals surface area contributed by atoms with Crippen LogP contribution in [0.1, 0.15) is 13.8 Å².